The minimum Gasteiger partial charge on any atom is -0.360 e. The average Bonchev–Trinajstić information content (AvgIpc) is 2.98. The summed E-state index contributed by atoms with van der Waals surface area (Å²) in [4.78, 5) is 12.8. The Labute approximate surface area is 136 Å². The van der Waals surface area contributed by atoms with Gasteiger partial charge < -0.3 is 9.84 Å². The van der Waals surface area contributed by atoms with Crippen LogP contribution in [0.25, 0.3) is 11.3 Å². The number of nitrogens with one attached hydrogen (secondary N) is 1. The molecule has 4 heteroatoms. The molecule has 1 fully saturated rings. The largest absolute Gasteiger partial charge is 0.360 e. The lowest BCUT2D eigenvalue weighted by Gasteiger charge is -2.33. The molecule has 0 radical (unpaired) electrons. The van der Waals surface area contributed by atoms with Crippen LogP contribution in [-0.4, -0.2) is 16.6 Å². The predicted molar refractivity (Wildman–Crippen MR) is 88.8 cm³/mol. The van der Waals surface area contributed by atoms with Gasteiger partial charge in [0.15, 0.2) is 0 Å². The van der Waals surface area contributed by atoms with Gasteiger partial charge in [-0.05, 0) is 19.8 Å². The van der Waals surface area contributed by atoms with Gasteiger partial charge in [0.2, 0.25) is 0 Å². The highest BCUT2D eigenvalue weighted by molar-refractivity contribution is 6.01. The number of aromatic nitrogens is 1. The van der Waals surface area contributed by atoms with Gasteiger partial charge in [0.1, 0.15) is 22.6 Å². The van der Waals surface area contributed by atoms with Gasteiger partial charge in [-0.15, -0.1) is 6.42 Å². The average molecular weight is 308 g/mol. The van der Waals surface area contributed by atoms with Crippen LogP contribution in [-0.2, 0) is 0 Å². The van der Waals surface area contributed by atoms with Crippen LogP contribution in [0.1, 0.15) is 48.2 Å². The zero-order valence-corrected chi connectivity index (χ0v) is 13.3. The first-order chi connectivity index (χ1) is 11.2. The van der Waals surface area contributed by atoms with Gasteiger partial charge in [0, 0.05) is 5.56 Å². The van der Waals surface area contributed by atoms with Gasteiger partial charge in [-0.25, -0.2) is 0 Å². The normalized spacial score (nSPS) is 16.5. The molecule has 1 aromatic heterocycles. The van der Waals surface area contributed by atoms with E-state index in [9.17, 15) is 4.79 Å². The van der Waals surface area contributed by atoms with Crippen LogP contribution in [0, 0.1) is 19.3 Å². The summed E-state index contributed by atoms with van der Waals surface area (Å²) in [6, 6.07) is 9.55. The SMILES string of the molecule is C#CC1(NC(=O)c2c(-c3ccccc3)noc2C)CCCCC1. The highest BCUT2D eigenvalue weighted by Gasteiger charge is 2.33. The molecule has 1 aliphatic rings. The number of amides is 1. The molecule has 0 spiro atoms. The van der Waals surface area contributed by atoms with Crippen molar-refractivity contribution in [3.63, 3.8) is 0 Å². The van der Waals surface area contributed by atoms with Crippen molar-refractivity contribution in [3.8, 4) is 23.6 Å². The Balaban J connectivity index is 1.91. The standard InChI is InChI=1S/C19H20N2O2/c1-3-19(12-8-5-9-13-19)20-18(22)16-14(2)23-21-17(16)15-10-6-4-7-11-15/h1,4,6-7,10-11H,5,8-9,12-13H2,2H3,(H,20,22). The predicted octanol–water partition coefficient (Wildman–Crippen LogP) is 3.72. The molecule has 2 aromatic rings. The minimum atomic E-state index is -0.549. The van der Waals surface area contributed by atoms with E-state index in [-0.39, 0.29) is 5.91 Å². The Morgan fingerprint density at radius 1 is 1.26 bits per heavy atom. The van der Waals surface area contributed by atoms with Crippen molar-refractivity contribution in [1.82, 2.24) is 10.5 Å². The van der Waals surface area contributed by atoms with E-state index in [4.69, 9.17) is 10.9 Å². The van der Waals surface area contributed by atoms with Crippen molar-refractivity contribution in [2.45, 2.75) is 44.6 Å². The van der Waals surface area contributed by atoms with E-state index in [2.05, 4.69) is 16.4 Å². The van der Waals surface area contributed by atoms with Gasteiger partial charge >= 0.3 is 0 Å². The quantitative estimate of drug-likeness (QED) is 0.879. The zero-order chi connectivity index (χ0) is 16.3. The maximum Gasteiger partial charge on any atom is 0.258 e. The van der Waals surface area contributed by atoms with Crippen LogP contribution in [0.3, 0.4) is 0 Å². The Hall–Kier alpha value is -2.54. The number of terminal acetylenes is 1. The summed E-state index contributed by atoms with van der Waals surface area (Å²) in [6.07, 6.45) is 10.6. The van der Waals surface area contributed by atoms with Crippen LogP contribution >= 0.6 is 0 Å². The van der Waals surface area contributed by atoms with Gasteiger partial charge in [0.25, 0.3) is 5.91 Å². The highest BCUT2D eigenvalue weighted by atomic mass is 16.5. The fourth-order valence-corrected chi connectivity index (χ4v) is 3.17. The van der Waals surface area contributed by atoms with Crippen molar-refractivity contribution in [1.29, 1.82) is 0 Å². The molecule has 1 aliphatic carbocycles. The van der Waals surface area contributed by atoms with Crippen molar-refractivity contribution >= 4 is 5.91 Å². The van der Waals surface area contributed by atoms with Crippen LogP contribution in [0.15, 0.2) is 34.9 Å². The number of hydrogen-bond donors (Lipinski definition) is 1. The number of carbonyl (C=O) groups excluding carboxylic acids is 1. The molecule has 23 heavy (non-hydrogen) atoms. The van der Waals surface area contributed by atoms with E-state index in [0.717, 1.165) is 31.2 Å². The molecule has 3 rings (SSSR count). The third kappa shape index (κ3) is 3.00. The Morgan fingerprint density at radius 2 is 1.96 bits per heavy atom. The van der Waals surface area contributed by atoms with Gasteiger partial charge in [0.05, 0.1) is 0 Å². The maximum atomic E-state index is 12.8. The molecule has 0 bridgehead atoms. The van der Waals surface area contributed by atoms with Crippen LogP contribution in [0.5, 0.6) is 0 Å². The van der Waals surface area contributed by atoms with Crippen molar-refractivity contribution in [2.24, 2.45) is 0 Å². The summed E-state index contributed by atoms with van der Waals surface area (Å²) in [6.45, 7) is 1.75. The van der Waals surface area contributed by atoms with Crippen molar-refractivity contribution in [3.05, 3.63) is 41.7 Å². The summed E-state index contributed by atoms with van der Waals surface area (Å²) in [5.74, 6) is 3.10. The van der Waals surface area contributed by atoms with E-state index >= 15 is 0 Å². The van der Waals surface area contributed by atoms with Crippen molar-refractivity contribution < 1.29 is 9.32 Å². The van der Waals surface area contributed by atoms with Crippen molar-refractivity contribution in [2.75, 3.05) is 0 Å². The Bertz CT molecular complexity index is 734. The van der Waals surface area contributed by atoms with E-state index in [1.807, 2.05) is 30.3 Å². The molecule has 118 valence electrons. The first-order valence-corrected chi connectivity index (χ1v) is 7.97. The highest BCUT2D eigenvalue weighted by Crippen LogP contribution is 2.30. The molecule has 1 heterocycles. The second-order valence-corrected chi connectivity index (χ2v) is 6.07. The van der Waals surface area contributed by atoms with E-state index < -0.39 is 5.54 Å². The molecule has 0 unspecified atom stereocenters. The van der Waals surface area contributed by atoms with Crippen LogP contribution in [0.2, 0.25) is 0 Å². The lowest BCUT2D eigenvalue weighted by molar-refractivity contribution is 0.0903. The topological polar surface area (TPSA) is 55.1 Å². The Kier molecular flexibility index (Phi) is 4.20. The molecule has 0 aliphatic heterocycles. The third-order valence-corrected chi connectivity index (χ3v) is 4.47. The van der Waals surface area contributed by atoms with E-state index in [1.54, 1.807) is 6.92 Å². The number of benzene rings is 1. The lowest BCUT2D eigenvalue weighted by Crippen LogP contribution is -2.48. The minimum absolute atomic E-state index is 0.206. The number of aryl methyl sites for hydroxylation is 1. The fourth-order valence-electron chi connectivity index (χ4n) is 3.17. The van der Waals surface area contributed by atoms with Crippen LogP contribution < -0.4 is 5.32 Å². The van der Waals surface area contributed by atoms with Crippen LogP contribution in [0.4, 0.5) is 0 Å². The summed E-state index contributed by atoms with van der Waals surface area (Å²) in [5.41, 5.74) is 1.33. The fraction of sp³-hybridized carbons (Fsp3) is 0.368. The van der Waals surface area contributed by atoms with E-state index in [1.165, 1.54) is 6.42 Å². The number of hydrogen-bond acceptors (Lipinski definition) is 3. The molecule has 0 atom stereocenters. The number of nitrogens with zero attached hydrogens (tertiary/aromatic N) is 1. The summed E-state index contributed by atoms with van der Waals surface area (Å²) < 4.78 is 5.26. The summed E-state index contributed by atoms with van der Waals surface area (Å²) in [7, 11) is 0. The van der Waals surface area contributed by atoms with Gasteiger partial charge in [-0.3, -0.25) is 4.79 Å². The monoisotopic (exact) mass is 308 g/mol. The molecule has 1 N–H and O–H groups in total. The molecule has 1 aromatic carbocycles. The van der Waals surface area contributed by atoms with E-state index in [0.29, 0.717) is 17.0 Å². The lowest BCUT2D eigenvalue weighted by atomic mass is 9.82. The first kappa shape index (κ1) is 15.4. The molecule has 1 saturated carbocycles. The number of carbonyl (C=O) groups is 1. The smallest absolute Gasteiger partial charge is 0.258 e. The van der Waals surface area contributed by atoms with Gasteiger partial charge in [-0.2, -0.15) is 0 Å². The second-order valence-electron chi connectivity index (χ2n) is 6.07. The first-order valence-electron chi connectivity index (χ1n) is 7.97. The molecule has 0 saturated heterocycles. The molecule has 4 nitrogen and oxygen atoms in total. The number of rotatable bonds is 3. The maximum absolute atomic E-state index is 12.8. The molecular formula is C19H20N2O2. The molecular weight excluding hydrogens is 288 g/mol. The van der Waals surface area contributed by atoms with Gasteiger partial charge in [-0.1, -0.05) is 60.7 Å². The molecule has 1 amide bonds. The zero-order valence-electron chi connectivity index (χ0n) is 13.3. The Morgan fingerprint density at radius 3 is 2.61 bits per heavy atom. The second kappa shape index (κ2) is 6.29. The summed E-state index contributed by atoms with van der Waals surface area (Å²) in [5, 5.41) is 7.12. The summed E-state index contributed by atoms with van der Waals surface area (Å²) >= 11 is 0. The third-order valence-electron chi connectivity index (χ3n) is 4.47.